The van der Waals surface area contributed by atoms with E-state index in [1.165, 1.54) is 10.8 Å². The Hall–Kier alpha value is -1.22. The van der Waals surface area contributed by atoms with Gasteiger partial charge < -0.3 is 25.3 Å². The summed E-state index contributed by atoms with van der Waals surface area (Å²) >= 11 is 2.25. The summed E-state index contributed by atoms with van der Waals surface area (Å²) in [6.45, 7) is 3.28. The molecule has 0 aliphatic carbocycles. The number of carbonyl (C=O) groups is 2. The third-order valence-electron chi connectivity index (χ3n) is 1.94. The van der Waals surface area contributed by atoms with Gasteiger partial charge in [-0.05, 0) is 36.9 Å². The maximum absolute atomic E-state index is 10.1. The van der Waals surface area contributed by atoms with Crippen LogP contribution in [0.2, 0.25) is 0 Å². The van der Waals surface area contributed by atoms with Crippen LogP contribution < -0.4 is 10.2 Å². The molecule has 2 N–H and O–H groups in total. The topological polar surface area (TPSA) is 138 Å². The molecule has 0 spiro atoms. The minimum atomic E-state index is -1.15. The average molecular weight is 368 g/mol. The summed E-state index contributed by atoms with van der Waals surface area (Å²) in [5, 5.41) is 23.2. The van der Waals surface area contributed by atoms with E-state index in [4.69, 9.17) is 0 Å². The zero-order valence-corrected chi connectivity index (χ0v) is 15.3. The van der Waals surface area contributed by atoms with Crippen molar-refractivity contribution in [3.63, 3.8) is 0 Å². The van der Waals surface area contributed by atoms with Crippen molar-refractivity contribution < 1.29 is 44.8 Å². The molecule has 0 bridgehead atoms. The maximum Gasteiger partial charge on any atom is 2.00 e. The fourth-order valence-electron chi connectivity index (χ4n) is 0.977. The molecule has 2 rings (SSSR count). The van der Waals surface area contributed by atoms with E-state index < -0.39 is 11.9 Å². The summed E-state index contributed by atoms with van der Waals surface area (Å²) in [7, 11) is 0. The molecule has 7 nitrogen and oxygen atoms in total. The quantitative estimate of drug-likeness (QED) is 0.611. The SMILES string of the molecule is Cc1nscc1C(=O)[O-].Cc1nscc1C(=O)[O-].O.[Zn+2]. The molecule has 0 aromatic carbocycles. The maximum atomic E-state index is 10.1. The zero-order chi connectivity index (χ0) is 13.7. The van der Waals surface area contributed by atoms with Gasteiger partial charge in [0.1, 0.15) is 0 Å². The second-order valence-electron chi connectivity index (χ2n) is 3.20. The van der Waals surface area contributed by atoms with Gasteiger partial charge in [0.15, 0.2) is 0 Å². The third-order valence-corrected chi connectivity index (χ3v) is 3.38. The predicted octanol–water partition coefficient (Wildman–Crippen LogP) is -1.20. The number of carbonyl (C=O) groups excluding carboxylic acids is 2. The molecule has 0 amide bonds. The first-order valence-corrected chi connectivity index (χ1v) is 6.35. The van der Waals surface area contributed by atoms with Crippen LogP contribution in [-0.4, -0.2) is 26.2 Å². The normalized spacial score (nSPS) is 8.50. The Kier molecular flexibility index (Phi) is 10.2. The van der Waals surface area contributed by atoms with Crippen LogP contribution in [0.15, 0.2) is 10.8 Å². The number of aromatic nitrogens is 2. The second kappa shape index (κ2) is 9.65. The molecular weight excluding hydrogens is 358 g/mol. The van der Waals surface area contributed by atoms with E-state index in [1.807, 2.05) is 0 Å². The minimum Gasteiger partial charge on any atom is -0.545 e. The predicted molar refractivity (Wildman–Crippen MR) is 66.0 cm³/mol. The summed E-state index contributed by atoms with van der Waals surface area (Å²) in [6.07, 6.45) is 0. The second-order valence-corrected chi connectivity index (χ2v) is 4.46. The number of carboxylic acid groups (broad SMARTS) is 2. The van der Waals surface area contributed by atoms with E-state index in [2.05, 4.69) is 8.75 Å². The molecule has 0 saturated heterocycles. The van der Waals surface area contributed by atoms with Gasteiger partial charge >= 0.3 is 19.5 Å². The number of carboxylic acids is 2. The van der Waals surface area contributed by atoms with E-state index in [0.717, 1.165) is 23.1 Å². The van der Waals surface area contributed by atoms with E-state index >= 15 is 0 Å². The molecule has 0 radical (unpaired) electrons. The number of nitrogens with zero attached hydrogens (tertiary/aromatic N) is 2. The summed E-state index contributed by atoms with van der Waals surface area (Å²) in [5.74, 6) is -2.30. The standard InChI is InChI=1S/2C5H5NO2S.H2O.Zn/c2*1-3-4(5(7)8)2-9-6-3;;/h2*2H,1H3,(H,7,8);1H2;/q;;;+2/p-2. The van der Waals surface area contributed by atoms with Crippen molar-refractivity contribution in [2.24, 2.45) is 0 Å². The number of hydrogen-bond acceptors (Lipinski definition) is 8. The van der Waals surface area contributed by atoms with Crippen LogP contribution in [-0.2, 0) is 19.5 Å². The molecule has 0 unspecified atom stereocenters. The largest absolute Gasteiger partial charge is 2.00 e. The van der Waals surface area contributed by atoms with Crippen molar-refractivity contribution in [1.82, 2.24) is 8.75 Å². The molecule has 2 heterocycles. The first kappa shape index (κ1) is 21.1. The first-order chi connectivity index (χ1) is 8.43. The summed E-state index contributed by atoms with van der Waals surface area (Å²) in [4.78, 5) is 20.3. The van der Waals surface area contributed by atoms with Crippen molar-refractivity contribution in [2.45, 2.75) is 13.8 Å². The number of aryl methyl sites for hydroxylation is 2. The van der Waals surface area contributed by atoms with Crippen LogP contribution in [0.1, 0.15) is 32.1 Å². The molecular formula is C10H10N2O5S2Zn. The monoisotopic (exact) mass is 366 g/mol. The van der Waals surface area contributed by atoms with Crippen LogP contribution in [0.5, 0.6) is 0 Å². The fraction of sp³-hybridized carbons (Fsp3) is 0.200. The Balaban J connectivity index is 0. The van der Waals surface area contributed by atoms with E-state index in [9.17, 15) is 19.8 Å². The Labute approximate surface area is 135 Å². The Morgan fingerprint density at radius 2 is 1.25 bits per heavy atom. The van der Waals surface area contributed by atoms with Gasteiger partial charge in [-0.2, -0.15) is 8.75 Å². The van der Waals surface area contributed by atoms with E-state index in [0.29, 0.717) is 11.4 Å². The van der Waals surface area contributed by atoms with Crippen LogP contribution >= 0.6 is 23.1 Å². The first-order valence-electron chi connectivity index (χ1n) is 4.68. The number of aromatic carboxylic acids is 2. The van der Waals surface area contributed by atoms with Crippen LogP contribution in [0.4, 0.5) is 0 Å². The van der Waals surface area contributed by atoms with Crippen LogP contribution in [0.3, 0.4) is 0 Å². The van der Waals surface area contributed by atoms with Crippen molar-refractivity contribution in [3.8, 4) is 0 Å². The van der Waals surface area contributed by atoms with Gasteiger partial charge in [0.05, 0.1) is 23.3 Å². The fourth-order valence-corrected chi connectivity index (χ4v) is 2.34. The average Bonchev–Trinajstić information content (AvgIpc) is 2.87. The molecule has 0 aliphatic heterocycles. The van der Waals surface area contributed by atoms with Gasteiger partial charge in [0, 0.05) is 21.9 Å². The summed E-state index contributed by atoms with van der Waals surface area (Å²) in [6, 6.07) is 0. The summed E-state index contributed by atoms with van der Waals surface area (Å²) < 4.78 is 7.52. The zero-order valence-electron chi connectivity index (χ0n) is 10.7. The van der Waals surface area contributed by atoms with E-state index in [-0.39, 0.29) is 36.1 Å². The van der Waals surface area contributed by atoms with Crippen LogP contribution in [0, 0.1) is 13.8 Å². The smallest absolute Gasteiger partial charge is 0.545 e. The van der Waals surface area contributed by atoms with Crippen LogP contribution in [0.25, 0.3) is 0 Å². The molecule has 104 valence electrons. The molecule has 0 atom stereocenters. The van der Waals surface area contributed by atoms with Crippen molar-refractivity contribution in [1.29, 1.82) is 0 Å². The molecule has 0 fully saturated rings. The summed E-state index contributed by atoms with van der Waals surface area (Å²) in [5.41, 5.74) is 1.44. The van der Waals surface area contributed by atoms with Gasteiger partial charge in [-0.15, -0.1) is 0 Å². The van der Waals surface area contributed by atoms with Crippen molar-refractivity contribution >= 4 is 35.0 Å². The molecule has 20 heavy (non-hydrogen) atoms. The molecule has 0 aliphatic rings. The Bertz CT molecular complexity index is 519. The van der Waals surface area contributed by atoms with Crippen molar-refractivity contribution in [3.05, 3.63) is 33.3 Å². The third kappa shape index (κ3) is 5.83. The van der Waals surface area contributed by atoms with Gasteiger partial charge in [0.2, 0.25) is 0 Å². The Morgan fingerprint density at radius 1 is 0.950 bits per heavy atom. The van der Waals surface area contributed by atoms with Gasteiger partial charge in [-0.3, -0.25) is 0 Å². The van der Waals surface area contributed by atoms with Gasteiger partial charge in [0.25, 0.3) is 0 Å². The van der Waals surface area contributed by atoms with Gasteiger partial charge in [-0.25, -0.2) is 0 Å². The van der Waals surface area contributed by atoms with Crippen molar-refractivity contribution in [2.75, 3.05) is 0 Å². The molecule has 0 saturated carbocycles. The minimum absolute atomic E-state index is 0. The molecule has 2 aromatic rings. The molecule has 10 heteroatoms. The Morgan fingerprint density at radius 3 is 1.35 bits per heavy atom. The van der Waals surface area contributed by atoms with E-state index in [1.54, 1.807) is 13.8 Å². The number of rotatable bonds is 2. The molecule has 2 aromatic heterocycles. The van der Waals surface area contributed by atoms with Gasteiger partial charge in [-0.1, -0.05) is 0 Å². The number of hydrogen-bond donors (Lipinski definition) is 0.